The first kappa shape index (κ1) is 16.0. The number of aromatic nitrogens is 2. The largest absolute Gasteiger partial charge is 0.464 e. The van der Waals surface area contributed by atoms with Crippen molar-refractivity contribution < 1.29 is 13.9 Å². The van der Waals surface area contributed by atoms with E-state index in [0.717, 1.165) is 25.9 Å². The molecular formula is C14H15FIN3O2S. The standard InChI is InChI=1S/C14H15FIN3O2S/c1-21-14(20)11-6-9-12(8-2-4-17-5-3-8)10(15)7-18-13(9)19(11)22-16/h6-8,17H,2-5H2,1H3. The third kappa shape index (κ3) is 2.71. The van der Waals surface area contributed by atoms with Gasteiger partial charge in [-0.2, -0.15) is 0 Å². The zero-order valence-corrected chi connectivity index (χ0v) is 14.9. The number of ether oxygens (including phenoxy) is 1. The molecule has 0 amide bonds. The zero-order chi connectivity index (χ0) is 15.7. The third-order valence-corrected chi connectivity index (χ3v) is 5.68. The molecule has 0 spiro atoms. The summed E-state index contributed by atoms with van der Waals surface area (Å²) in [6.07, 6.45) is 3.02. The van der Waals surface area contributed by atoms with Crippen LogP contribution in [-0.4, -0.2) is 35.1 Å². The normalized spacial score (nSPS) is 16.1. The molecule has 5 nitrogen and oxygen atoms in total. The minimum absolute atomic E-state index is 0.146. The fourth-order valence-corrected chi connectivity index (χ4v) is 4.57. The molecule has 22 heavy (non-hydrogen) atoms. The number of halogens is 2. The fraction of sp³-hybridized carbons (Fsp3) is 0.429. The Morgan fingerprint density at radius 1 is 1.55 bits per heavy atom. The number of rotatable bonds is 3. The van der Waals surface area contributed by atoms with Gasteiger partial charge in [-0.05, 0) is 37.9 Å². The Balaban J connectivity index is 2.21. The van der Waals surface area contributed by atoms with Gasteiger partial charge in [-0.3, -0.25) is 3.97 Å². The minimum Gasteiger partial charge on any atom is -0.464 e. The molecule has 8 heteroatoms. The summed E-state index contributed by atoms with van der Waals surface area (Å²) in [5.41, 5.74) is 1.65. The first-order chi connectivity index (χ1) is 10.7. The molecule has 2 aromatic rings. The first-order valence-corrected chi connectivity index (χ1v) is 10.3. The second kappa shape index (κ2) is 6.71. The fourth-order valence-electron chi connectivity index (χ4n) is 2.96. The summed E-state index contributed by atoms with van der Waals surface area (Å²) in [7, 11) is 2.66. The number of hydrogen-bond acceptors (Lipinski definition) is 5. The molecule has 1 aliphatic heterocycles. The maximum Gasteiger partial charge on any atom is 0.355 e. The molecule has 118 valence electrons. The summed E-state index contributed by atoms with van der Waals surface area (Å²) in [6.45, 7) is 1.75. The van der Waals surface area contributed by atoms with Gasteiger partial charge in [0.15, 0.2) is 5.65 Å². The van der Waals surface area contributed by atoms with Crippen molar-refractivity contribution in [3.63, 3.8) is 0 Å². The van der Waals surface area contributed by atoms with Gasteiger partial charge < -0.3 is 10.1 Å². The molecule has 3 rings (SSSR count). The van der Waals surface area contributed by atoms with Crippen molar-refractivity contribution >= 4 is 47.3 Å². The number of nitrogens with zero attached hydrogens (tertiary/aromatic N) is 2. The van der Waals surface area contributed by atoms with Crippen LogP contribution in [0.25, 0.3) is 11.0 Å². The smallest absolute Gasteiger partial charge is 0.355 e. The van der Waals surface area contributed by atoms with Crippen LogP contribution in [0.5, 0.6) is 0 Å². The Hall–Kier alpha value is -0.870. The van der Waals surface area contributed by atoms with Crippen LogP contribution in [0.15, 0.2) is 12.3 Å². The van der Waals surface area contributed by atoms with Crippen LogP contribution in [0.1, 0.15) is 34.8 Å². The van der Waals surface area contributed by atoms with E-state index in [9.17, 15) is 9.18 Å². The van der Waals surface area contributed by atoms with E-state index in [4.69, 9.17) is 4.74 Å². The second-order valence-corrected chi connectivity index (χ2v) is 6.85. The summed E-state index contributed by atoms with van der Waals surface area (Å²) < 4.78 is 20.9. The lowest BCUT2D eigenvalue weighted by Crippen LogP contribution is -2.27. The number of nitrogens with one attached hydrogen (secondary N) is 1. The number of methoxy groups -OCH3 is 1. The lowest BCUT2D eigenvalue weighted by Gasteiger charge is -2.23. The average Bonchev–Trinajstić information content (AvgIpc) is 2.93. The first-order valence-electron chi connectivity index (χ1n) is 6.95. The molecule has 0 bridgehead atoms. The maximum absolute atomic E-state index is 14.4. The number of pyridine rings is 1. The Kier molecular flexibility index (Phi) is 4.88. The van der Waals surface area contributed by atoms with Crippen molar-refractivity contribution in [1.82, 2.24) is 14.3 Å². The van der Waals surface area contributed by atoms with E-state index >= 15 is 0 Å². The van der Waals surface area contributed by atoms with E-state index in [0.29, 0.717) is 22.3 Å². The summed E-state index contributed by atoms with van der Waals surface area (Å²) in [5.74, 6) is -0.599. The highest BCUT2D eigenvalue weighted by Crippen LogP contribution is 2.36. The number of hydrogen-bond donors (Lipinski definition) is 1. The van der Waals surface area contributed by atoms with E-state index in [-0.39, 0.29) is 11.7 Å². The van der Waals surface area contributed by atoms with E-state index in [1.54, 1.807) is 10.0 Å². The van der Waals surface area contributed by atoms with Crippen molar-refractivity contribution in [3.05, 3.63) is 29.3 Å². The van der Waals surface area contributed by atoms with Gasteiger partial charge >= 0.3 is 5.97 Å². The van der Waals surface area contributed by atoms with Gasteiger partial charge in [0, 0.05) is 41.3 Å². The molecule has 0 radical (unpaired) electrons. The quantitative estimate of drug-likeness (QED) is 0.593. The summed E-state index contributed by atoms with van der Waals surface area (Å²) in [5, 5.41) is 3.99. The van der Waals surface area contributed by atoms with Crippen LogP contribution in [0.2, 0.25) is 0 Å². The number of carbonyl (C=O) groups is 1. The number of fused-ring (bicyclic) bond motifs is 1. The van der Waals surface area contributed by atoms with Crippen molar-refractivity contribution in [2.75, 3.05) is 20.2 Å². The van der Waals surface area contributed by atoms with E-state index in [2.05, 4.69) is 31.5 Å². The predicted molar refractivity (Wildman–Crippen MR) is 92.9 cm³/mol. The Morgan fingerprint density at radius 3 is 2.91 bits per heavy atom. The third-order valence-electron chi connectivity index (χ3n) is 3.99. The van der Waals surface area contributed by atoms with Gasteiger partial charge in [-0.1, -0.05) is 0 Å². The average molecular weight is 435 g/mol. The molecular weight excluding hydrogens is 420 g/mol. The zero-order valence-electron chi connectivity index (χ0n) is 11.9. The lowest BCUT2D eigenvalue weighted by atomic mass is 9.88. The molecule has 3 heterocycles. The van der Waals surface area contributed by atoms with Crippen LogP contribution in [0.3, 0.4) is 0 Å². The molecule has 1 N–H and O–H groups in total. The molecule has 0 unspecified atom stereocenters. The highest BCUT2D eigenvalue weighted by Gasteiger charge is 2.26. The molecule has 0 aliphatic carbocycles. The van der Waals surface area contributed by atoms with Crippen molar-refractivity contribution in [2.45, 2.75) is 18.8 Å². The lowest BCUT2D eigenvalue weighted by molar-refractivity contribution is 0.0594. The molecule has 0 atom stereocenters. The maximum atomic E-state index is 14.4. The molecule has 0 saturated carbocycles. The van der Waals surface area contributed by atoms with E-state index in [1.165, 1.54) is 22.4 Å². The SMILES string of the molecule is COC(=O)c1cc2c(C3CCNCC3)c(F)cnc2n1SI. The van der Waals surface area contributed by atoms with Crippen molar-refractivity contribution in [1.29, 1.82) is 0 Å². The Bertz CT molecular complexity index is 716. The summed E-state index contributed by atoms with van der Waals surface area (Å²) in [6, 6.07) is 1.69. The van der Waals surface area contributed by atoms with Crippen molar-refractivity contribution in [3.8, 4) is 0 Å². The van der Waals surface area contributed by atoms with Crippen LogP contribution in [-0.2, 0) is 4.74 Å². The van der Waals surface area contributed by atoms with Crippen LogP contribution < -0.4 is 5.32 Å². The monoisotopic (exact) mass is 435 g/mol. The molecule has 2 aromatic heterocycles. The molecule has 1 saturated heterocycles. The van der Waals surface area contributed by atoms with Gasteiger partial charge in [0.05, 0.1) is 13.3 Å². The van der Waals surface area contributed by atoms with E-state index in [1.807, 2.05) is 0 Å². The number of carbonyl (C=O) groups excluding carboxylic acids is 1. The Morgan fingerprint density at radius 2 is 2.27 bits per heavy atom. The van der Waals surface area contributed by atoms with Gasteiger partial charge in [0.1, 0.15) is 11.5 Å². The number of esters is 1. The molecule has 1 fully saturated rings. The highest BCUT2D eigenvalue weighted by atomic mass is 127. The topological polar surface area (TPSA) is 56.1 Å². The van der Waals surface area contributed by atoms with Crippen LogP contribution in [0, 0.1) is 5.82 Å². The van der Waals surface area contributed by atoms with Gasteiger partial charge in [-0.25, -0.2) is 14.2 Å². The van der Waals surface area contributed by atoms with Gasteiger partial charge in [0.25, 0.3) is 0 Å². The van der Waals surface area contributed by atoms with Gasteiger partial charge in [0.2, 0.25) is 0 Å². The minimum atomic E-state index is -0.446. The molecule has 1 aliphatic rings. The van der Waals surface area contributed by atoms with Crippen molar-refractivity contribution in [2.24, 2.45) is 0 Å². The van der Waals surface area contributed by atoms with Crippen LogP contribution >= 0.6 is 30.3 Å². The highest BCUT2D eigenvalue weighted by molar-refractivity contribution is 14.2. The van der Waals surface area contributed by atoms with Crippen LogP contribution in [0.4, 0.5) is 4.39 Å². The summed E-state index contributed by atoms with van der Waals surface area (Å²) >= 11 is 2.08. The Labute approximate surface area is 143 Å². The van der Waals surface area contributed by atoms with E-state index < -0.39 is 5.97 Å². The number of piperidine rings is 1. The van der Waals surface area contributed by atoms with Gasteiger partial charge in [-0.15, -0.1) is 0 Å². The predicted octanol–water partition coefficient (Wildman–Crippen LogP) is 3.28. The second-order valence-electron chi connectivity index (χ2n) is 5.17. The summed E-state index contributed by atoms with van der Waals surface area (Å²) in [4.78, 5) is 16.1. The molecule has 0 aromatic carbocycles.